The number of aryl methyl sites for hydroxylation is 2. The molecule has 3 heteroatoms. The first-order chi connectivity index (χ1) is 11.8. The van der Waals surface area contributed by atoms with Gasteiger partial charge in [-0.2, -0.15) is 4.57 Å². The van der Waals surface area contributed by atoms with Gasteiger partial charge in [0.1, 0.15) is 6.54 Å². The molecule has 0 bridgehead atoms. The Morgan fingerprint density at radius 1 is 1.17 bits per heavy atom. The Morgan fingerprint density at radius 3 is 2.92 bits per heavy atom. The van der Waals surface area contributed by atoms with Crippen LogP contribution in [0.2, 0.25) is 0 Å². The number of aromatic nitrogens is 1. The summed E-state index contributed by atoms with van der Waals surface area (Å²) in [6, 6.07) is 14.9. The fourth-order valence-corrected chi connectivity index (χ4v) is 3.58. The topological polar surface area (TPSA) is 20.3 Å². The molecule has 0 amide bonds. The van der Waals surface area contributed by atoms with E-state index in [9.17, 15) is 0 Å². The van der Waals surface area contributed by atoms with Gasteiger partial charge < -0.3 is 9.32 Å². The minimum atomic E-state index is 0.895. The van der Waals surface area contributed by atoms with E-state index in [0.717, 1.165) is 30.1 Å². The molecule has 3 nitrogen and oxygen atoms in total. The summed E-state index contributed by atoms with van der Waals surface area (Å²) in [5, 5.41) is 0. The number of benzene rings is 2. The highest BCUT2D eigenvalue weighted by Crippen LogP contribution is 2.27. The average Bonchev–Trinajstić information content (AvgIpc) is 2.97. The Hall–Kier alpha value is -2.55. The summed E-state index contributed by atoms with van der Waals surface area (Å²) in [4.78, 5) is 2.34. The highest BCUT2D eigenvalue weighted by Gasteiger charge is 2.18. The van der Waals surface area contributed by atoms with Crippen molar-refractivity contribution in [1.29, 1.82) is 0 Å². The van der Waals surface area contributed by atoms with E-state index >= 15 is 0 Å². The van der Waals surface area contributed by atoms with Crippen molar-refractivity contribution in [3.63, 3.8) is 0 Å². The van der Waals surface area contributed by atoms with E-state index < -0.39 is 0 Å². The zero-order valence-electron chi connectivity index (χ0n) is 14.3. The molecule has 3 aromatic rings. The lowest BCUT2D eigenvalue weighted by Crippen LogP contribution is -2.33. The minimum Gasteiger partial charge on any atom is -0.398 e. The highest BCUT2D eigenvalue weighted by atomic mass is 16.3. The molecule has 2 heterocycles. The van der Waals surface area contributed by atoms with Crippen molar-refractivity contribution < 1.29 is 8.98 Å². The molecule has 1 aliphatic rings. The second kappa shape index (κ2) is 6.16. The lowest BCUT2D eigenvalue weighted by atomic mass is 9.99. The van der Waals surface area contributed by atoms with Gasteiger partial charge in [-0.3, -0.25) is 0 Å². The van der Waals surface area contributed by atoms with E-state index in [4.69, 9.17) is 4.42 Å². The molecule has 0 spiro atoms. The van der Waals surface area contributed by atoms with Gasteiger partial charge in [-0.05, 0) is 55.2 Å². The first-order valence-corrected chi connectivity index (χ1v) is 8.70. The maximum Gasteiger partial charge on any atom is 0.374 e. The summed E-state index contributed by atoms with van der Waals surface area (Å²) in [5.41, 5.74) is 6.12. The van der Waals surface area contributed by atoms with Crippen molar-refractivity contribution in [2.45, 2.75) is 26.3 Å². The molecule has 4 rings (SSSR count). The Morgan fingerprint density at radius 2 is 2.04 bits per heavy atom. The van der Waals surface area contributed by atoms with E-state index in [1.54, 1.807) is 0 Å². The number of para-hydroxylation sites is 2. The van der Waals surface area contributed by atoms with E-state index in [0.29, 0.717) is 0 Å². The van der Waals surface area contributed by atoms with Crippen LogP contribution in [0.4, 0.5) is 5.69 Å². The van der Waals surface area contributed by atoms with Crippen LogP contribution < -0.4 is 9.47 Å². The van der Waals surface area contributed by atoms with Crippen LogP contribution >= 0.6 is 0 Å². The number of hydrogen-bond donors (Lipinski definition) is 0. The van der Waals surface area contributed by atoms with Gasteiger partial charge in [0.15, 0.2) is 0 Å². The molecule has 0 atom stereocenters. The quantitative estimate of drug-likeness (QED) is 0.671. The first-order valence-electron chi connectivity index (χ1n) is 8.70. The van der Waals surface area contributed by atoms with Gasteiger partial charge in [0.05, 0.1) is 6.08 Å². The summed E-state index contributed by atoms with van der Waals surface area (Å²) in [6.07, 6.45) is 6.63. The predicted octanol–water partition coefficient (Wildman–Crippen LogP) is 4.29. The zero-order chi connectivity index (χ0) is 16.5. The maximum absolute atomic E-state index is 6.01. The Balaban J connectivity index is 1.68. The number of nitrogens with zero attached hydrogens (tertiary/aromatic N) is 2. The standard InChI is InChI=1S/C21H23N2O/c1-3-23-19-8-4-5-9-20(19)24-21(23)13-11-16-10-12-18-17(15-16)7-6-14-22(18)2/h4-5,8-13,15H,3,6-7,14H2,1-2H3/q+1. The number of rotatable bonds is 3. The van der Waals surface area contributed by atoms with Gasteiger partial charge in [-0.1, -0.05) is 18.2 Å². The number of fused-ring (bicyclic) bond motifs is 2. The molecule has 0 N–H and O–H groups in total. The van der Waals surface area contributed by atoms with Gasteiger partial charge in [0.25, 0.3) is 5.52 Å². The van der Waals surface area contributed by atoms with Crippen LogP contribution in [-0.2, 0) is 13.0 Å². The highest BCUT2D eigenvalue weighted by molar-refractivity contribution is 5.73. The monoisotopic (exact) mass is 319 g/mol. The third-order valence-corrected chi connectivity index (χ3v) is 4.83. The number of oxazole rings is 1. The van der Waals surface area contributed by atoms with Crippen LogP contribution in [0.25, 0.3) is 23.3 Å². The van der Waals surface area contributed by atoms with E-state index in [1.165, 1.54) is 29.7 Å². The average molecular weight is 319 g/mol. The van der Waals surface area contributed by atoms with E-state index in [-0.39, 0.29) is 0 Å². The molecule has 0 fully saturated rings. The predicted molar refractivity (Wildman–Crippen MR) is 99.0 cm³/mol. The van der Waals surface area contributed by atoms with Crippen LogP contribution in [0.15, 0.2) is 46.9 Å². The lowest BCUT2D eigenvalue weighted by molar-refractivity contribution is -0.674. The van der Waals surface area contributed by atoms with Crippen LogP contribution in [0, 0.1) is 0 Å². The molecule has 0 saturated heterocycles. The normalized spacial score (nSPS) is 14.5. The third kappa shape index (κ3) is 2.60. The summed E-state index contributed by atoms with van der Waals surface area (Å²) in [6.45, 7) is 4.19. The van der Waals surface area contributed by atoms with E-state index in [1.807, 2.05) is 12.1 Å². The van der Waals surface area contributed by atoms with Gasteiger partial charge in [0.2, 0.25) is 5.58 Å². The molecule has 0 aliphatic carbocycles. The van der Waals surface area contributed by atoms with Crippen molar-refractivity contribution in [1.82, 2.24) is 0 Å². The largest absolute Gasteiger partial charge is 0.398 e. The van der Waals surface area contributed by atoms with Crippen LogP contribution in [0.1, 0.15) is 30.4 Å². The Kier molecular flexibility index (Phi) is 3.85. The van der Waals surface area contributed by atoms with Crippen LogP contribution in [0.5, 0.6) is 0 Å². The third-order valence-electron chi connectivity index (χ3n) is 4.83. The zero-order valence-corrected chi connectivity index (χ0v) is 14.3. The van der Waals surface area contributed by atoms with E-state index in [2.05, 4.69) is 65.9 Å². The molecule has 24 heavy (non-hydrogen) atoms. The second-order valence-electron chi connectivity index (χ2n) is 6.40. The second-order valence-corrected chi connectivity index (χ2v) is 6.40. The SMILES string of the molecule is CC[n+]1c(/C=C/c2ccc3c(c2)CCCN3C)oc2ccccc21. The minimum absolute atomic E-state index is 0.895. The van der Waals surface area contributed by atoms with Crippen molar-refractivity contribution in [2.75, 3.05) is 18.5 Å². The van der Waals surface area contributed by atoms with Gasteiger partial charge in [0, 0.05) is 25.3 Å². The van der Waals surface area contributed by atoms with Gasteiger partial charge in [-0.25, -0.2) is 0 Å². The Bertz CT molecular complexity index is 907. The molecule has 122 valence electrons. The molecular weight excluding hydrogens is 296 g/mol. The molecular formula is C21H23N2O+. The van der Waals surface area contributed by atoms with Crippen molar-refractivity contribution in [2.24, 2.45) is 0 Å². The summed E-state index contributed by atoms with van der Waals surface area (Å²) < 4.78 is 8.22. The summed E-state index contributed by atoms with van der Waals surface area (Å²) >= 11 is 0. The smallest absolute Gasteiger partial charge is 0.374 e. The Labute approximate surface area is 142 Å². The first kappa shape index (κ1) is 15.0. The van der Waals surface area contributed by atoms with Crippen LogP contribution in [-0.4, -0.2) is 13.6 Å². The maximum atomic E-state index is 6.01. The molecule has 2 aromatic carbocycles. The fraction of sp³-hybridized carbons (Fsp3) is 0.286. The fourth-order valence-electron chi connectivity index (χ4n) is 3.58. The summed E-state index contributed by atoms with van der Waals surface area (Å²) in [5.74, 6) is 0.897. The van der Waals surface area contributed by atoms with Gasteiger partial charge >= 0.3 is 5.89 Å². The molecule has 0 saturated carbocycles. The molecule has 1 aromatic heterocycles. The summed E-state index contributed by atoms with van der Waals surface area (Å²) in [7, 11) is 2.17. The molecule has 0 radical (unpaired) electrons. The number of anilines is 1. The van der Waals surface area contributed by atoms with Gasteiger partial charge in [-0.15, -0.1) is 0 Å². The van der Waals surface area contributed by atoms with Crippen molar-refractivity contribution >= 4 is 28.9 Å². The molecule has 0 unspecified atom stereocenters. The van der Waals surface area contributed by atoms with Crippen molar-refractivity contribution in [3.8, 4) is 0 Å². The number of hydrogen-bond acceptors (Lipinski definition) is 2. The van der Waals surface area contributed by atoms with Crippen LogP contribution in [0.3, 0.4) is 0 Å². The van der Waals surface area contributed by atoms with Crippen molar-refractivity contribution in [3.05, 3.63) is 59.5 Å². The lowest BCUT2D eigenvalue weighted by Gasteiger charge is -2.27. The molecule has 1 aliphatic heterocycles.